The van der Waals surface area contributed by atoms with Gasteiger partial charge in [-0.25, -0.2) is 0 Å². The number of hydrogen-bond donors (Lipinski definition) is 2. The third-order valence-electron chi connectivity index (χ3n) is 3.59. The van der Waals surface area contributed by atoms with E-state index < -0.39 is 11.5 Å². The Morgan fingerprint density at radius 1 is 1.29 bits per heavy atom. The number of carbonyl (C=O) groups is 2. The molecule has 0 radical (unpaired) electrons. The third-order valence-corrected chi connectivity index (χ3v) is 4.25. The number of hydrogen-bond acceptors (Lipinski definition) is 2. The lowest BCUT2D eigenvalue weighted by Crippen LogP contribution is -2.54. The molecule has 2 rings (SSSR count). The van der Waals surface area contributed by atoms with Gasteiger partial charge >= 0.3 is 5.97 Å². The lowest BCUT2D eigenvalue weighted by Gasteiger charge is -2.41. The van der Waals surface area contributed by atoms with Gasteiger partial charge in [-0.1, -0.05) is 29.3 Å². The van der Waals surface area contributed by atoms with Crippen molar-refractivity contribution >= 4 is 41.2 Å². The summed E-state index contributed by atoms with van der Waals surface area (Å²) in [5.41, 5.74) is -0.0470. The van der Waals surface area contributed by atoms with Crippen LogP contribution in [-0.2, 0) is 9.59 Å². The number of benzene rings is 1. The number of halogens is 2. The minimum Gasteiger partial charge on any atom is -0.481 e. The van der Waals surface area contributed by atoms with Crippen molar-refractivity contribution in [1.82, 2.24) is 5.32 Å². The number of carboxylic acid groups (broad SMARTS) is 1. The SMILES string of the molecule is O=C(O)CC1(NC(=O)C=Cc2c(Cl)cccc2Cl)CCC1. The lowest BCUT2D eigenvalue weighted by atomic mass is 9.74. The van der Waals surface area contributed by atoms with Crippen LogP contribution in [0.3, 0.4) is 0 Å². The zero-order valence-corrected chi connectivity index (χ0v) is 12.7. The summed E-state index contributed by atoms with van der Waals surface area (Å²) in [6.45, 7) is 0. The fraction of sp³-hybridized carbons (Fsp3) is 0.333. The molecule has 1 amide bonds. The van der Waals surface area contributed by atoms with Crippen molar-refractivity contribution < 1.29 is 14.7 Å². The van der Waals surface area contributed by atoms with E-state index in [1.54, 1.807) is 18.2 Å². The molecule has 0 aliphatic heterocycles. The number of amides is 1. The molecule has 2 N–H and O–H groups in total. The van der Waals surface area contributed by atoms with Crippen molar-refractivity contribution in [2.24, 2.45) is 0 Å². The summed E-state index contributed by atoms with van der Waals surface area (Å²) in [5, 5.41) is 12.6. The molecule has 112 valence electrons. The summed E-state index contributed by atoms with van der Waals surface area (Å²) < 4.78 is 0. The molecule has 0 atom stereocenters. The normalized spacial score (nSPS) is 16.5. The van der Waals surface area contributed by atoms with Gasteiger partial charge in [0.1, 0.15) is 0 Å². The maximum Gasteiger partial charge on any atom is 0.305 e. The monoisotopic (exact) mass is 327 g/mol. The molecular weight excluding hydrogens is 313 g/mol. The summed E-state index contributed by atoms with van der Waals surface area (Å²) in [5.74, 6) is -1.25. The van der Waals surface area contributed by atoms with E-state index in [-0.39, 0.29) is 12.3 Å². The maximum atomic E-state index is 12.0. The molecule has 0 aromatic heterocycles. The number of carbonyl (C=O) groups excluding carboxylic acids is 1. The summed E-state index contributed by atoms with van der Waals surface area (Å²) in [4.78, 5) is 22.8. The highest BCUT2D eigenvalue weighted by molar-refractivity contribution is 6.37. The Morgan fingerprint density at radius 3 is 2.38 bits per heavy atom. The van der Waals surface area contributed by atoms with Crippen molar-refractivity contribution in [2.45, 2.75) is 31.2 Å². The van der Waals surface area contributed by atoms with Crippen molar-refractivity contribution in [3.05, 3.63) is 39.9 Å². The van der Waals surface area contributed by atoms with Crippen LogP contribution in [0, 0.1) is 0 Å². The van der Waals surface area contributed by atoms with Crippen LogP contribution in [0.25, 0.3) is 6.08 Å². The van der Waals surface area contributed by atoms with Crippen molar-refractivity contribution in [1.29, 1.82) is 0 Å². The predicted octanol–water partition coefficient (Wildman–Crippen LogP) is 3.52. The van der Waals surface area contributed by atoms with E-state index in [1.807, 2.05) is 0 Å². The maximum absolute atomic E-state index is 12.0. The first kappa shape index (κ1) is 15.9. The molecule has 1 aromatic rings. The van der Waals surface area contributed by atoms with Crippen molar-refractivity contribution in [2.75, 3.05) is 0 Å². The highest BCUT2D eigenvalue weighted by atomic mass is 35.5. The molecule has 21 heavy (non-hydrogen) atoms. The molecule has 0 saturated heterocycles. The predicted molar refractivity (Wildman–Crippen MR) is 82.5 cm³/mol. The Hall–Kier alpha value is -1.52. The van der Waals surface area contributed by atoms with Gasteiger partial charge in [-0.15, -0.1) is 0 Å². The largest absolute Gasteiger partial charge is 0.481 e. The van der Waals surface area contributed by atoms with E-state index in [1.165, 1.54) is 12.2 Å². The molecule has 1 fully saturated rings. The number of rotatable bonds is 5. The highest BCUT2D eigenvalue weighted by Crippen LogP contribution is 2.35. The van der Waals surface area contributed by atoms with Gasteiger partial charge < -0.3 is 10.4 Å². The molecule has 1 aliphatic carbocycles. The first-order valence-electron chi connectivity index (χ1n) is 6.58. The van der Waals surface area contributed by atoms with Gasteiger partial charge in [0.15, 0.2) is 0 Å². The molecule has 6 heteroatoms. The summed E-state index contributed by atoms with van der Waals surface area (Å²) in [6, 6.07) is 5.09. The Morgan fingerprint density at radius 2 is 1.90 bits per heavy atom. The molecule has 0 spiro atoms. The highest BCUT2D eigenvalue weighted by Gasteiger charge is 2.39. The minimum absolute atomic E-state index is 0.0561. The Labute approximate surface area is 132 Å². The zero-order valence-electron chi connectivity index (χ0n) is 11.2. The van der Waals surface area contributed by atoms with Gasteiger partial charge in [-0.05, 0) is 37.5 Å². The van der Waals surface area contributed by atoms with Crippen LogP contribution in [0.4, 0.5) is 0 Å². The fourth-order valence-electron chi connectivity index (χ4n) is 2.37. The smallest absolute Gasteiger partial charge is 0.305 e. The second-order valence-corrected chi connectivity index (χ2v) is 5.98. The van der Waals surface area contributed by atoms with E-state index in [2.05, 4.69) is 5.32 Å². The third kappa shape index (κ3) is 3.99. The first-order valence-corrected chi connectivity index (χ1v) is 7.33. The topological polar surface area (TPSA) is 66.4 Å². The van der Waals surface area contributed by atoms with Gasteiger partial charge in [0.05, 0.1) is 12.0 Å². The number of carboxylic acids is 1. The summed E-state index contributed by atoms with van der Waals surface area (Å²) in [7, 11) is 0. The summed E-state index contributed by atoms with van der Waals surface area (Å²) in [6.07, 6.45) is 5.10. The van der Waals surface area contributed by atoms with E-state index in [0.717, 1.165) is 6.42 Å². The molecule has 1 saturated carbocycles. The van der Waals surface area contributed by atoms with E-state index in [0.29, 0.717) is 28.5 Å². The quantitative estimate of drug-likeness (QED) is 0.813. The molecular formula is C15H15Cl2NO3. The van der Waals surface area contributed by atoms with Crippen LogP contribution in [0.2, 0.25) is 10.0 Å². The Kier molecular flexibility index (Phi) is 4.91. The molecule has 4 nitrogen and oxygen atoms in total. The molecule has 0 heterocycles. The van der Waals surface area contributed by atoms with Gasteiger partial charge in [0.25, 0.3) is 0 Å². The van der Waals surface area contributed by atoms with Crippen LogP contribution in [0.5, 0.6) is 0 Å². The average Bonchev–Trinajstić information content (AvgIpc) is 2.35. The van der Waals surface area contributed by atoms with Crippen molar-refractivity contribution in [3.8, 4) is 0 Å². The van der Waals surface area contributed by atoms with Crippen LogP contribution in [0.15, 0.2) is 24.3 Å². The number of aliphatic carboxylic acids is 1. The Balaban J connectivity index is 2.04. The molecule has 1 aliphatic rings. The molecule has 0 bridgehead atoms. The van der Waals surface area contributed by atoms with Gasteiger partial charge in [0, 0.05) is 21.7 Å². The van der Waals surface area contributed by atoms with Crippen molar-refractivity contribution in [3.63, 3.8) is 0 Å². The van der Waals surface area contributed by atoms with Crippen LogP contribution < -0.4 is 5.32 Å². The van der Waals surface area contributed by atoms with E-state index >= 15 is 0 Å². The first-order chi connectivity index (χ1) is 9.92. The standard InChI is InChI=1S/C15H15Cl2NO3/c16-11-3-1-4-12(17)10(11)5-6-13(19)18-15(7-2-8-15)9-14(20)21/h1,3-6H,2,7-9H2,(H,18,19)(H,20,21). The second-order valence-electron chi connectivity index (χ2n) is 5.16. The van der Waals surface area contributed by atoms with Crippen LogP contribution in [-0.4, -0.2) is 22.5 Å². The lowest BCUT2D eigenvalue weighted by molar-refractivity contribution is -0.140. The van der Waals surface area contributed by atoms with E-state index in [9.17, 15) is 9.59 Å². The van der Waals surface area contributed by atoms with Gasteiger partial charge in [-0.2, -0.15) is 0 Å². The molecule has 1 aromatic carbocycles. The average molecular weight is 328 g/mol. The van der Waals surface area contributed by atoms with Gasteiger partial charge in [0.2, 0.25) is 5.91 Å². The fourth-order valence-corrected chi connectivity index (χ4v) is 2.89. The zero-order chi connectivity index (χ0) is 15.5. The van der Waals surface area contributed by atoms with E-state index in [4.69, 9.17) is 28.3 Å². The minimum atomic E-state index is -0.909. The van der Waals surface area contributed by atoms with Gasteiger partial charge in [-0.3, -0.25) is 9.59 Å². The van der Waals surface area contributed by atoms with Crippen LogP contribution >= 0.6 is 23.2 Å². The molecule has 0 unspecified atom stereocenters. The number of nitrogens with one attached hydrogen (secondary N) is 1. The second kappa shape index (κ2) is 6.50. The summed E-state index contributed by atoms with van der Waals surface area (Å²) >= 11 is 12.0. The Bertz CT molecular complexity index is 574. The van der Waals surface area contributed by atoms with Crippen LogP contribution in [0.1, 0.15) is 31.2 Å².